The number of para-hydroxylation sites is 2. The number of nitrogens with one attached hydrogen (secondary N) is 1. The number of hydrogen-bond acceptors (Lipinski definition) is 2. The molecule has 3 rings (SSSR count). The largest absolute Gasteiger partial charge is 0.397 e. The van der Waals surface area contributed by atoms with Crippen molar-refractivity contribution in [3.8, 4) is 11.1 Å². The van der Waals surface area contributed by atoms with E-state index in [1.165, 1.54) is 0 Å². The molecule has 3 aromatic rings. The number of nitrogens with two attached hydrogens (primary N) is 1. The molecule has 22 heavy (non-hydrogen) atoms. The minimum atomic E-state index is -0.171. The summed E-state index contributed by atoms with van der Waals surface area (Å²) < 4.78 is 0. The number of anilines is 2. The molecular formula is C19H16N2O. The van der Waals surface area contributed by atoms with Gasteiger partial charge in [-0.15, -0.1) is 0 Å². The lowest BCUT2D eigenvalue weighted by atomic mass is 10.0. The van der Waals surface area contributed by atoms with E-state index in [2.05, 4.69) is 5.32 Å². The Hall–Kier alpha value is -3.07. The van der Waals surface area contributed by atoms with Gasteiger partial charge in [-0.1, -0.05) is 54.6 Å². The number of nitrogen functional groups attached to an aromatic ring is 1. The van der Waals surface area contributed by atoms with E-state index in [4.69, 9.17) is 5.73 Å². The molecule has 0 spiro atoms. The molecule has 0 bridgehead atoms. The molecule has 0 saturated heterocycles. The van der Waals surface area contributed by atoms with Crippen molar-refractivity contribution in [2.24, 2.45) is 0 Å². The molecule has 3 nitrogen and oxygen atoms in total. The molecule has 0 aromatic heterocycles. The molecule has 108 valence electrons. The standard InChI is InChI=1S/C19H16N2O/c20-17-11-4-5-12-18(17)21-19(22)16-10-6-9-15(13-16)14-7-2-1-3-8-14/h1-13H,20H2,(H,21,22). The maximum atomic E-state index is 12.4. The number of amides is 1. The van der Waals surface area contributed by atoms with Crippen molar-refractivity contribution in [2.75, 3.05) is 11.1 Å². The van der Waals surface area contributed by atoms with Crippen LogP contribution in [0.3, 0.4) is 0 Å². The second-order valence-corrected chi connectivity index (χ2v) is 4.99. The highest BCUT2D eigenvalue weighted by Gasteiger charge is 2.08. The lowest BCUT2D eigenvalue weighted by Gasteiger charge is -2.09. The highest BCUT2D eigenvalue weighted by atomic mass is 16.1. The monoisotopic (exact) mass is 288 g/mol. The summed E-state index contributed by atoms with van der Waals surface area (Å²) >= 11 is 0. The first-order valence-corrected chi connectivity index (χ1v) is 7.05. The first-order valence-electron chi connectivity index (χ1n) is 7.05. The molecule has 1 amide bonds. The summed E-state index contributed by atoms with van der Waals surface area (Å²) in [7, 11) is 0. The summed E-state index contributed by atoms with van der Waals surface area (Å²) in [4.78, 5) is 12.4. The zero-order valence-electron chi connectivity index (χ0n) is 12.0. The first-order chi connectivity index (χ1) is 10.7. The van der Waals surface area contributed by atoms with Gasteiger partial charge in [-0.05, 0) is 35.4 Å². The molecule has 0 atom stereocenters. The van der Waals surface area contributed by atoms with Gasteiger partial charge in [0.1, 0.15) is 0 Å². The lowest BCUT2D eigenvalue weighted by Crippen LogP contribution is -2.13. The fourth-order valence-electron chi connectivity index (χ4n) is 2.28. The normalized spacial score (nSPS) is 10.2. The summed E-state index contributed by atoms with van der Waals surface area (Å²) in [6.45, 7) is 0. The second kappa shape index (κ2) is 6.14. The zero-order valence-corrected chi connectivity index (χ0v) is 12.0. The predicted octanol–water partition coefficient (Wildman–Crippen LogP) is 4.19. The molecule has 0 aliphatic heterocycles. The summed E-state index contributed by atoms with van der Waals surface area (Å²) in [5.41, 5.74) is 9.72. The van der Waals surface area contributed by atoms with E-state index >= 15 is 0 Å². The van der Waals surface area contributed by atoms with Crippen molar-refractivity contribution in [2.45, 2.75) is 0 Å². The summed E-state index contributed by atoms with van der Waals surface area (Å²) in [6, 6.07) is 24.7. The van der Waals surface area contributed by atoms with E-state index in [1.807, 2.05) is 60.7 Å². The molecule has 0 aliphatic carbocycles. The van der Waals surface area contributed by atoms with E-state index < -0.39 is 0 Å². The summed E-state index contributed by atoms with van der Waals surface area (Å²) in [5, 5.41) is 2.84. The number of rotatable bonds is 3. The van der Waals surface area contributed by atoms with Crippen LogP contribution in [0.5, 0.6) is 0 Å². The highest BCUT2D eigenvalue weighted by molar-refractivity contribution is 6.06. The van der Waals surface area contributed by atoms with Crippen LogP contribution in [0.15, 0.2) is 78.9 Å². The van der Waals surface area contributed by atoms with Crippen LogP contribution in [-0.4, -0.2) is 5.91 Å². The first kappa shape index (κ1) is 13.9. The Morgan fingerprint density at radius 3 is 2.23 bits per heavy atom. The summed E-state index contributed by atoms with van der Waals surface area (Å²) in [5.74, 6) is -0.171. The summed E-state index contributed by atoms with van der Waals surface area (Å²) in [6.07, 6.45) is 0. The van der Waals surface area contributed by atoms with Gasteiger partial charge in [0.05, 0.1) is 11.4 Å². The van der Waals surface area contributed by atoms with E-state index in [0.29, 0.717) is 16.9 Å². The van der Waals surface area contributed by atoms with Crippen molar-refractivity contribution in [3.63, 3.8) is 0 Å². The Balaban J connectivity index is 1.86. The van der Waals surface area contributed by atoms with Gasteiger partial charge in [-0.3, -0.25) is 4.79 Å². The zero-order chi connectivity index (χ0) is 15.4. The molecule has 0 heterocycles. The smallest absolute Gasteiger partial charge is 0.255 e. The molecule has 0 saturated carbocycles. The van der Waals surface area contributed by atoms with Gasteiger partial charge in [0, 0.05) is 5.56 Å². The van der Waals surface area contributed by atoms with Crippen molar-refractivity contribution in [1.82, 2.24) is 0 Å². The third kappa shape index (κ3) is 2.99. The van der Waals surface area contributed by atoms with Gasteiger partial charge in [0.2, 0.25) is 0 Å². The van der Waals surface area contributed by atoms with E-state index in [1.54, 1.807) is 18.2 Å². The van der Waals surface area contributed by atoms with Crippen LogP contribution >= 0.6 is 0 Å². The lowest BCUT2D eigenvalue weighted by molar-refractivity contribution is 0.102. The predicted molar refractivity (Wildman–Crippen MR) is 90.7 cm³/mol. The van der Waals surface area contributed by atoms with Gasteiger partial charge in [-0.2, -0.15) is 0 Å². The molecule has 0 fully saturated rings. The van der Waals surface area contributed by atoms with E-state index in [9.17, 15) is 4.79 Å². The van der Waals surface area contributed by atoms with Gasteiger partial charge in [0.15, 0.2) is 0 Å². The maximum Gasteiger partial charge on any atom is 0.255 e. The molecular weight excluding hydrogens is 272 g/mol. The van der Waals surface area contributed by atoms with Gasteiger partial charge >= 0.3 is 0 Å². The number of carbonyl (C=O) groups is 1. The fraction of sp³-hybridized carbons (Fsp3) is 0. The SMILES string of the molecule is Nc1ccccc1NC(=O)c1cccc(-c2ccccc2)c1. The Kier molecular flexibility index (Phi) is 3.88. The van der Waals surface area contributed by atoms with Crippen LogP contribution in [0, 0.1) is 0 Å². The quantitative estimate of drug-likeness (QED) is 0.710. The molecule has 0 aliphatic rings. The Morgan fingerprint density at radius 2 is 1.45 bits per heavy atom. The van der Waals surface area contributed by atoms with Crippen LogP contribution in [-0.2, 0) is 0 Å². The third-order valence-corrected chi connectivity index (χ3v) is 3.44. The van der Waals surface area contributed by atoms with Crippen LogP contribution in [0.25, 0.3) is 11.1 Å². The third-order valence-electron chi connectivity index (χ3n) is 3.44. The molecule has 0 unspecified atom stereocenters. The Morgan fingerprint density at radius 1 is 0.773 bits per heavy atom. The van der Waals surface area contributed by atoms with Crippen LogP contribution in [0.1, 0.15) is 10.4 Å². The molecule has 3 aromatic carbocycles. The van der Waals surface area contributed by atoms with E-state index in [0.717, 1.165) is 11.1 Å². The number of hydrogen-bond donors (Lipinski definition) is 2. The maximum absolute atomic E-state index is 12.4. The van der Waals surface area contributed by atoms with Gasteiger partial charge < -0.3 is 11.1 Å². The minimum Gasteiger partial charge on any atom is -0.397 e. The fourth-order valence-corrected chi connectivity index (χ4v) is 2.28. The Bertz CT molecular complexity index is 797. The minimum absolute atomic E-state index is 0.171. The van der Waals surface area contributed by atoms with Gasteiger partial charge in [-0.25, -0.2) is 0 Å². The average Bonchev–Trinajstić information content (AvgIpc) is 2.58. The number of carbonyl (C=O) groups excluding carboxylic acids is 1. The van der Waals surface area contributed by atoms with Gasteiger partial charge in [0.25, 0.3) is 5.91 Å². The number of benzene rings is 3. The highest BCUT2D eigenvalue weighted by Crippen LogP contribution is 2.22. The van der Waals surface area contributed by atoms with Crippen LogP contribution in [0.4, 0.5) is 11.4 Å². The van der Waals surface area contributed by atoms with Crippen LogP contribution in [0.2, 0.25) is 0 Å². The van der Waals surface area contributed by atoms with Crippen molar-refractivity contribution >= 4 is 17.3 Å². The van der Waals surface area contributed by atoms with Crippen LogP contribution < -0.4 is 11.1 Å². The van der Waals surface area contributed by atoms with Crippen molar-refractivity contribution in [3.05, 3.63) is 84.4 Å². The average molecular weight is 288 g/mol. The molecule has 0 radical (unpaired) electrons. The second-order valence-electron chi connectivity index (χ2n) is 4.99. The Labute approximate surface area is 129 Å². The molecule has 3 N–H and O–H groups in total. The molecule has 3 heteroatoms. The topological polar surface area (TPSA) is 55.1 Å². The van der Waals surface area contributed by atoms with Crippen molar-refractivity contribution < 1.29 is 4.79 Å². The van der Waals surface area contributed by atoms with E-state index in [-0.39, 0.29) is 5.91 Å². The van der Waals surface area contributed by atoms with Crippen molar-refractivity contribution in [1.29, 1.82) is 0 Å².